The lowest BCUT2D eigenvalue weighted by atomic mass is 9.79. The van der Waals surface area contributed by atoms with Crippen LogP contribution in [0.1, 0.15) is 28.5 Å². The summed E-state index contributed by atoms with van der Waals surface area (Å²) < 4.78 is 11.0. The van der Waals surface area contributed by atoms with Crippen LogP contribution in [-0.4, -0.2) is 13.1 Å². The number of allylic oxidation sites excluding steroid dienone is 1. The van der Waals surface area contributed by atoms with Gasteiger partial charge in [0.05, 0.1) is 13.0 Å². The molecule has 4 rings (SSSR count). The minimum Gasteiger partial charge on any atom is -0.497 e. The Morgan fingerprint density at radius 1 is 0.778 bits per heavy atom. The van der Waals surface area contributed by atoms with Crippen LogP contribution in [0.15, 0.2) is 91.0 Å². The largest absolute Gasteiger partial charge is 0.497 e. The Morgan fingerprint density at radius 3 is 2.04 bits per heavy atom. The van der Waals surface area contributed by atoms with Gasteiger partial charge >= 0.3 is 5.97 Å². The number of methoxy groups -OCH3 is 1. The van der Waals surface area contributed by atoms with Gasteiger partial charge in [-0.15, -0.1) is 0 Å². The molecule has 0 saturated carbocycles. The lowest BCUT2D eigenvalue weighted by Gasteiger charge is -2.29. The zero-order chi connectivity index (χ0) is 18.6. The van der Waals surface area contributed by atoms with Crippen molar-refractivity contribution in [2.75, 3.05) is 7.11 Å². The summed E-state index contributed by atoms with van der Waals surface area (Å²) in [6.07, 6.45) is 2.05. The predicted octanol–water partition coefficient (Wildman–Crippen LogP) is 5.16. The van der Waals surface area contributed by atoms with Crippen molar-refractivity contribution in [3.05, 3.63) is 108 Å². The van der Waals surface area contributed by atoms with Gasteiger partial charge in [0.1, 0.15) is 11.5 Å². The molecule has 3 nitrogen and oxygen atoms in total. The first-order valence-corrected chi connectivity index (χ1v) is 8.94. The average molecular weight is 356 g/mol. The molecule has 0 radical (unpaired) electrons. The third kappa shape index (κ3) is 3.49. The van der Waals surface area contributed by atoms with E-state index in [1.54, 1.807) is 7.11 Å². The van der Waals surface area contributed by atoms with E-state index in [9.17, 15) is 4.79 Å². The SMILES string of the molecule is COc1ccc(C2C=C(c3ccccc3)OC(=O)C2c2ccccc2)cc1. The van der Waals surface area contributed by atoms with E-state index in [2.05, 4.69) is 6.08 Å². The molecule has 0 aromatic heterocycles. The first kappa shape index (κ1) is 17.1. The molecule has 27 heavy (non-hydrogen) atoms. The third-order valence-electron chi connectivity index (χ3n) is 4.87. The lowest BCUT2D eigenvalue weighted by molar-refractivity contribution is -0.139. The van der Waals surface area contributed by atoms with E-state index in [1.165, 1.54) is 0 Å². The van der Waals surface area contributed by atoms with Gasteiger partial charge in [-0.3, -0.25) is 4.79 Å². The molecule has 1 aliphatic heterocycles. The molecule has 0 fully saturated rings. The van der Waals surface area contributed by atoms with Crippen LogP contribution in [0.3, 0.4) is 0 Å². The average Bonchev–Trinajstić information content (AvgIpc) is 2.74. The lowest BCUT2D eigenvalue weighted by Crippen LogP contribution is -2.26. The van der Waals surface area contributed by atoms with Crippen molar-refractivity contribution < 1.29 is 14.3 Å². The van der Waals surface area contributed by atoms with Gasteiger partial charge in [-0.05, 0) is 29.3 Å². The van der Waals surface area contributed by atoms with Crippen molar-refractivity contribution in [1.29, 1.82) is 0 Å². The Morgan fingerprint density at radius 2 is 1.41 bits per heavy atom. The van der Waals surface area contributed by atoms with Gasteiger partial charge in [0.25, 0.3) is 0 Å². The number of hydrogen-bond donors (Lipinski definition) is 0. The van der Waals surface area contributed by atoms with E-state index in [0.717, 1.165) is 22.4 Å². The molecule has 0 N–H and O–H groups in total. The van der Waals surface area contributed by atoms with Crippen molar-refractivity contribution in [3.63, 3.8) is 0 Å². The second-order valence-corrected chi connectivity index (χ2v) is 6.51. The van der Waals surface area contributed by atoms with Gasteiger partial charge in [0, 0.05) is 11.5 Å². The van der Waals surface area contributed by atoms with Crippen molar-refractivity contribution in [3.8, 4) is 5.75 Å². The van der Waals surface area contributed by atoms with Gasteiger partial charge < -0.3 is 9.47 Å². The second-order valence-electron chi connectivity index (χ2n) is 6.51. The number of rotatable bonds is 4. The van der Waals surface area contributed by atoms with Crippen LogP contribution in [0, 0.1) is 0 Å². The molecule has 134 valence electrons. The van der Waals surface area contributed by atoms with E-state index in [0.29, 0.717) is 5.76 Å². The smallest absolute Gasteiger partial charge is 0.319 e. The summed E-state index contributed by atoms with van der Waals surface area (Å²) in [7, 11) is 1.65. The number of benzene rings is 3. The Balaban J connectivity index is 1.81. The van der Waals surface area contributed by atoms with E-state index in [1.807, 2.05) is 84.9 Å². The first-order valence-electron chi connectivity index (χ1n) is 8.94. The van der Waals surface area contributed by atoms with Gasteiger partial charge in [-0.2, -0.15) is 0 Å². The van der Waals surface area contributed by atoms with E-state index >= 15 is 0 Å². The highest BCUT2D eigenvalue weighted by Crippen LogP contribution is 2.42. The summed E-state index contributed by atoms with van der Waals surface area (Å²) in [5.41, 5.74) is 2.90. The molecule has 1 aliphatic rings. The fourth-order valence-electron chi connectivity index (χ4n) is 3.49. The highest BCUT2D eigenvalue weighted by Gasteiger charge is 2.36. The Labute approximate surface area is 158 Å². The number of hydrogen-bond acceptors (Lipinski definition) is 3. The van der Waals surface area contributed by atoms with Crippen molar-refractivity contribution in [1.82, 2.24) is 0 Å². The molecular formula is C24H20O3. The Kier molecular flexibility index (Phi) is 4.75. The number of esters is 1. The summed E-state index contributed by atoms with van der Waals surface area (Å²) in [6.45, 7) is 0. The minimum atomic E-state index is -0.382. The molecular weight excluding hydrogens is 336 g/mol. The fraction of sp³-hybridized carbons (Fsp3) is 0.125. The van der Waals surface area contributed by atoms with Crippen LogP contribution in [0.4, 0.5) is 0 Å². The second kappa shape index (κ2) is 7.50. The summed E-state index contributed by atoms with van der Waals surface area (Å²) in [5, 5.41) is 0. The third-order valence-corrected chi connectivity index (χ3v) is 4.87. The van der Waals surface area contributed by atoms with Crippen LogP contribution < -0.4 is 4.74 Å². The summed E-state index contributed by atoms with van der Waals surface area (Å²) in [6, 6.07) is 27.4. The monoisotopic (exact) mass is 356 g/mol. The Bertz CT molecular complexity index is 944. The predicted molar refractivity (Wildman–Crippen MR) is 105 cm³/mol. The number of ether oxygens (including phenoxy) is 2. The number of carbonyl (C=O) groups excluding carboxylic acids is 1. The zero-order valence-electron chi connectivity index (χ0n) is 15.0. The molecule has 3 aromatic carbocycles. The summed E-state index contributed by atoms with van der Waals surface area (Å²) >= 11 is 0. The highest BCUT2D eigenvalue weighted by molar-refractivity contribution is 5.88. The molecule has 0 amide bonds. The molecule has 1 heterocycles. The fourth-order valence-corrected chi connectivity index (χ4v) is 3.49. The maximum Gasteiger partial charge on any atom is 0.319 e. The molecule has 3 aromatic rings. The van der Waals surface area contributed by atoms with Crippen LogP contribution in [0.5, 0.6) is 5.75 Å². The van der Waals surface area contributed by atoms with Gasteiger partial charge in [0.15, 0.2) is 0 Å². The summed E-state index contributed by atoms with van der Waals surface area (Å²) in [5.74, 6) is 0.666. The molecule has 0 spiro atoms. The van der Waals surface area contributed by atoms with E-state index < -0.39 is 0 Å². The van der Waals surface area contributed by atoms with E-state index in [-0.39, 0.29) is 17.8 Å². The quantitative estimate of drug-likeness (QED) is 0.606. The topological polar surface area (TPSA) is 35.5 Å². The van der Waals surface area contributed by atoms with Gasteiger partial charge in [-0.25, -0.2) is 0 Å². The van der Waals surface area contributed by atoms with Crippen molar-refractivity contribution in [2.45, 2.75) is 11.8 Å². The minimum absolute atomic E-state index is 0.116. The van der Waals surface area contributed by atoms with E-state index in [4.69, 9.17) is 9.47 Å². The van der Waals surface area contributed by atoms with Crippen molar-refractivity contribution >= 4 is 11.7 Å². The molecule has 0 aliphatic carbocycles. The number of cyclic esters (lactones) is 1. The molecule has 3 heteroatoms. The zero-order valence-corrected chi connectivity index (χ0v) is 15.0. The molecule has 0 saturated heterocycles. The molecule has 2 unspecified atom stereocenters. The molecule has 2 atom stereocenters. The van der Waals surface area contributed by atoms with Crippen molar-refractivity contribution in [2.24, 2.45) is 0 Å². The first-order chi connectivity index (χ1) is 13.3. The normalized spacial score (nSPS) is 19.1. The van der Waals surface area contributed by atoms with Crippen LogP contribution in [-0.2, 0) is 9.53 Å². The maximum atomic E-state index is 13.0. The standard InChI is InChI=1S/C24H20O3/c1-26-20-14-12-17(13-15-20)21-16-22(18-8-4-2-5-9-18)27-24(25)23(21)19-10-6-3-7-11-19/h2-16,21,23H,1H3. The Hall–Kier alpha value is -3.33. The number of carbonyl (C=O) groups is 1. The maximum absolute atomic E-state index is 13.0. The molecule has 0 bridgehead atoms. The van der Waals surface area contributed by atoms with Crippen LogP contribution in [0.2, 0.25) is 0 Å². The van der Waals surface area contributed by atoms with Crippen LogP contribution >= 0.6 is 0 Å². The van der Waals surface area contributed by atoms with Crippen LogP contribution in [0.25, 0.3) is 5.76 Å². The van der Waals surface area contributed by atoms with Gasteiger partial charge in [0.2, 0.25) is 0 Å². The highest BCUT2D eigenvalue weighted by atomic mass is 16.5. The van der Waals surface area contributed by atoms with Gasteiger partial charge in [-0.1, -0.05) is 72.8 Å². The summed E-state index contributed by atoms with van der Waals surface area (Å²) in [4.78, 5) is 13.0.